The molecular formula is C15H27NO2. The molecule has 1 aliphatic carbocycles. The minimum Gasteiger partial charge on any atom is -0.381 e. The summed E-state index contributed by atoms with van der Waals surface area (Å²) < 4.78 is 11.5. The summed E-state index contributed by atoms with van der Waals surface area (Å²) in [7, 11) is 0. The van der Waals surface area contributed by atoms with Crippen LogP contribution in [0.4, 0.5) is 0 Å². The van der Waals surface area contributed by atoms with Gasteiger partial charge in [0, 0.05) is 32.4 Å². The van der Waals surface area contributed by atoms with E-state index in [4.69, 9.17) is 9.47 Å². The molecule has 1 N–H and O–H groups in total. The maximum absolute atomic E-state index is 5.99. The first-order valence-electron chi connectivity index (χ1n) is 7.65. The molecule has 1 atom stereocenters. The lowest BCUT2D eigenvalue weighted by atomic mass is 9.73. The minimum absolute atomic E-state index is 0.270. The van der Waals surface area contributed by atoms with Crippen LogP contribution in [0.25, 0.3) is 0 Å². The summed E-state index contributed by atoms with van der Waals surface area (Å²) >= 11 is 0. The number of rotatable bonds is 3. The second kappa shape index (κ2) is 5.10. The van der Waals surface area contributed by atoms with E-state index in [9.17, 15) is 0 Å². The molecule has 2 saturated heterocycles. The predicted octanol–water partition coefficient (Wildman–Crippen LogP) is 2.49. The molecule has 0 aromatic rings. The first-order chi connectivity index (χ1) is 8.70. The normalized spacial score (nSPS) is 34.2. The number of hydrogen-bond acceptors (Lipinski definition) is 3. The van der Waals surface area contributed by atoms with E-state index in [1.807, 2.05) is 0 Å². The Balaban J connectivity index is 1.47. The minimum atomic E-state index is 0.270. The SMILES string of the molecule is CC1(CNC2CCOC3(CCC3)C2)CCOCC1. The standard InChI is InChI=1S/C15H27NO2/c1-14(6-9-17-10-7-14)12-16-13-3-8-18-15(11-13)4-2-5-15/h13,16H,2-12H2,1H3. The van der Waals surface area contributed by atoms with E-state index in [1.165, 1.54) is 44.9 Å². The molecule has 1 spiro atoms. The van der Waals surface area contributed by atoms with Gasteiger partial charge in [0.05, 0.1) is 5.60 Å². The van der Waals surface area contributed by atoms with Crippen LogP contribution in [0, 0.1) is 5.41 Å². The van der Waals surface area contributed by atoms with Crippen LogP contribution < -0.4 is 5.32 Å². The first-order valence-corrected chi connectivity index (χ1v) is 7.65. The summed E-state index contributed by atoms with van der Waals surface area (Å²) in [4.78, 5) is 0. The van der Waals surface area contributed by atoms with Gasteiger partial charge in [-0.15, -0.1) is 0 Å². The molecule has 0 aromatic heterocycles. The quantitative estimate of drug-likeness (QED) is 0.838. The molecule has 3 nitrogen and oxygen atoms in total. The molecule has 1 saturated carbocycles. The van der Waals surface area contributed by atoms with E-state index in [2.05, 4.69) is 12.2 Å². The molecule has 0 radical (unpaired) electrons. The highest BCUT2D eigenvalue weighted by Gasteiger charge is 2.42. The van der Waals surface area contributed by atoms with E-state index in [0.29, 0.717) is 11.5 Å². The van der Waals surface area contributed by atoms with Gasteiger partial charge >= 0.3 is 0 Å². The van der Waals surface area contributed by atoms with Crippen LogP contribution in [0.1, 0.15) is 51.9 Å². The van der Waals surface area contributed by atoms with Gasteiger partial charge in [0.25, 0.3) is 0 Å². The predicted molar refractivity (Wildman–Crippen MR) is 71.7 cm³/mol. The Morgan fingerprint density at radius 3 is 2.56 bits per heavy atom. The second-order valence-corrected chi connectivity index (χ2v) is 6.88. The van der Waals surface area contributed by atoms with Crippen LogP contribution in [0.3, 0.4) is 0 Å². The van der Waals surface area contributed by atoms with Gasteiger partial charge in [-0.1, -0.05) is 6.92 Å². The Morgan fingerprint density at radius 1 is 1.11 bits per heavy atom. The second-order valence-electron chi connectivity index (χ2n) is 6.88. The molecule has 2 aliphatic heterocycles. The van der Waals surface area contributed by atoms with Crippen molar-refractivity contribution in [2.45, 2.75) is 63.5 Å². The van der Waals surface area contributed by atoms with Crippen molar-refractivity contribution in [2.24, 2.45) is 5.41 Å². The zero-order chi connectivity index (χ0) is 12.5. The fourth-order valence-electron chi connectivity index (χ4n) is 3.55. The van der Waals surface area contributed by atoms with Crippen LogP contribution >= 0.6 is 0 Å². The smallest absolute Gasteiger partial charge is 0.0697 e. The lowest BCUT2D eigenvalue weighted by Gasteiger charge is -2.48. The molecule has 3 heteroatoms. The monoisotopic (exact) mass is 253 g/mol. The molecule has 1 unspecified atom stereocenters. The topological polar surface area (TPSA) is 30.5 Å². The van der Waals surface area contributed by atoms with E-state index >= 15 is 0 Å². The van der Waals surface area contributed by atoms with Crippen LogP contribution in [0.15, 0.2) is 0 Å². The third-order valence-corrected chi connectivity index (χ3v) is 5.28. The van der Waals surface area contributed by atoms with Gasteiger partial charge in [-0.2, -0.15) is 0 Å². The lowest BCUT2D eigenvalue weighted by molar-refractivity contribution is -0.136. The van der Waals surface area contributed by atoms with Gasteiger partial charge in [-0.05, 0) is 50.4 Å². The third kappa shape index (κ3) is 2.73. The Labute approximate surface area is 111 Å². The van der Waals surface area contributed by atoms with E-state index in [1.54, 1.807) is 0 Å². The van der Waals surface area contributed by atoms with Crippen molar-refractivity contribution in [1.29, 1.82) is 0 Å². The summed E-state index contributed by atoms with van der Waals surface area (Å²) in [6.07, 6.45) is 8.77. The first kappa shape index (κ1) is 12.9. The van der Waals surface area contributed by atoms with Gasteiger partial charge in [-0.25, -0.2) is 0 Å². The van der Waals surface area contributed by atoms with Gasteiger partial charge in [-0.3, -0.25) is 0 Å². The van der Waals surface area contributed by atoms with Gasteiger partial charge < -0.3 is 14.8 Å². The summed E-state index contributed by atoms with van der Waals surface area (Å²) in [5.74, 6) is 0. The van der Waals surface area contributed by atoms with E-state index in [-0.39, 0.29) is 5.60 Å². The number of nitrogens with one attached hydrogen (secondary N) is 1. The van der Waals surface area contributed by atoms with Gasteiger partial charge in [0.15, 0.2) is 0 Å². The fraction of sp³-hybridized carbons (Fsp3) is 1.00. The highest BCUT2D eigenvalue weighted by Crippen LogP contribution is 2.42. The molecular weight excluding hydrogens is 226 g/mol. The van der Waals surface area contributed by atoms with Crippen LogP contribution in [0.2, 0.25) is 0 Å². The van der Waals surface area contributed by atoms with Crippen molar-refractivity contribution in [1.82, 2.24) is 5.32 Å². The van der Waals surface area contributed by atoms with Crippen molar-refractivity contribution >= 4 is 0 Å². The Morgan fingerprint density at radius 2 is 1.89 bits per heavy atom. The zero-order valence-corrected chi connectivity index (χ0v) is 11.7. The fourth-order valence-corrected chi connectivity index (χ4v) is 3.55. The molecule has 3 fully saturated rings. The van der Waals surface area contributed by atoms with Crippen molar-refractivity contribution in [2.75, 3.05) is 26.4 Å². The van der Waals surface area contributed by atoms with E-state index in [0.717, 1.165) is 26.4 Å². The molecule has 3 rings (SSSR count). The zero-order valence-electron chi connectivity index (χ0n) is 11.7. The molecule has 2 heterocycles. The summed E-state index contributed by atoms with van der Waals surface area (Å²) in [5, 5.41) is 3.82. The van der Waals surface area contributed by atoms with Crippen molar-refractivity contribution in [3.05, 3.63) is 0 Å². The molecule has 0 aromatic carbocycles. The number of ether oxygens (including phenoxy) is 2. The van der Waals surface area contributed by atoms with Crippen LogP contribution in [0.5, 0.6) is 0 Å². The highest BCUT2D eigenvalue weighted by atomic mass is 16.5. The molecule has 0 amide bonds. The Bertz CT molecular complexity index is 282. The Kier molecular flexibility index (Phi) is 3.65. The van der Waals surface area contributed by atoms with Crippen LogP contribution in [-0.2, 0) is 9.47 Å². The van der Waals surface area contributed by atoms with E-state index < -0.39 is 0 Å². The summed E-state index contributed by atoms with van der Waals surface area (Å²) in [6, 6.07) is 0.679. The van der Waals surface area contributed by atoms with Crippen molar-refractivity contribution in [3.63, 3.8) is 0 Å². The lowest BCUT2D eigenvalue weighted by Crippen LogP contribution is -2.52. The number of hydrogen-bond donors (Lipinski definition) is 1. The molecule has 0 bridgehead atoms. The molecule has 18 heavy (non-hydrogen) atoms. The summed E-state index contributed by atoms with van der Waals surface area (Å²) in [6.45, 7) is 6.39. The maximum Gasteiger partial charge on any atom is 0.0697 e. The molecule has 3 aliphatic rings. The molecule has 104 valence electrons. The van der Waals surface area contributed by atoms with Crippen LogP contribution in [-0.4, -0.2) is 38.0 Å². The van der Waals surface area contributed by atoms with Gasteiger partial charge in [0.2, 0.25) is 0 Å². The van der Waals surface area contributed by atoms with Crippen molar-refractivity contribution in [3.8, 4) is 0 Å². The average molecular weight is 253 g/mol. The third-order valence-electron chi connectivity index (χ3n) is 5.28. The van der Waals surface area contributed by atoms with Gasteiger partial charge in [0.1, 0.15) is 0 Å². The average Bonchev–Trinajstić information content (AvgIpc) is 2.36. The Hall–Kier alpha value is -0.120. The maximum atomic E-state index is 5.99. The highest BCUT2D eigenvalue weighted by molar-refractivity contribution is 4.96. The largest absolute Gasteiger partial charge is 0.381 e. The summed E-state index contributed by atoms with van der Waals surface area (Å²) in [5.41, 5.74) is 0.718. The van der Waals surface area contributed by atoms with Crippen molar-refractivity contribution < 1.29 is 9.47 Å².